The number of hydrogen-bond donors (Lipinski definition) is 1. The van der Waals surface area contributed by atoms with E-state index in [-0.39, 0.29) is 17.3 Å². The maximum Gasteiger partial charge on any atom is 0.227 e. The van der Waals surface area contributed by atoms with Crippen LogP contribution >= 0.6 is 0 Å². The van der Waals surface area contributed by atoms with Crippen LogP contribution in [0.2, 0.25) is 0 Å². The molecule has 184 valence electrons. The molecular weight excluding hydrogens is 456 g/mol. The van der Waals surface area contributed by atoms with Crippen molar-refractivity contribution in [3.05, 3.63) is 76.2 Å². The van der Waals surface area contributed by atoms with Gasteiger partial charge < -0.3 is 19.4 Å². The summed E-state index contributed by atoms with van der Waals surface area (Å²) >= 11 is 0. The van der Waals surface area contributed by atoms with E-state index in [1.807, 2.05) is 44.2 Å². The zero-order chi connectivity index (χ0) is 25.2. The van der Waals surface area contributed by atoms with Crippen LogP contribution in [0.5, 0.6) is 5.75 Å². The molecule has 1 saturated heterocycles. The molecule has 0 aliphatic carbocycles. The first-order chi connectivity index (χ1) is 17.4. The summed E-state index contributed by atoms with van der Waals surface area (Å²) in [5.74, 6) is 1.75. The first kappa shape index (κ1) is 23.5. The maximum absolute atomic E-state index is 12.9. The molecule has 2 aromatic carbocycles. The summed E-state index contributed by atoms with van der Waals surface area (Å²) in [7, 11) is 1.56. The fraction of sp³-hybridized carbons (Fsp3) is 0.286. The smallest absolute Gasteiger partial charge is 0.227 e. The monoisotopic (exact) mass is 484 g/mol. The average molecular weight is 485 g/mol. The van der Waals surface area contributed by atoms with Gasteiger partial charge in [0.05, 0.1) is 12.5 Å². The Balaban J connectivity index is 1.23. The number of methoxy groups -OCH3 is 1. The van der Waals surface area contributed by atoms with Gasteiger partial charge in [0, 0.05) is 47.7 Å². The predicted molar refractivity (Wildman–Crippen MR) is 140 cm³/mol. The predicted octanol–water partition coefficient (Wildman–Crippen LogP) is 4.73. The molecule has 36 heavy (non-hydrogen) atoms. The number of nitrogens with one attached hydrogen (secondary N) is 1. The number of rotatable bonds is 5. The second-order valence-corrected chi connectivity index (χ2v) is 9.12. The first-order valence-corrected chi connectivity index (χ1v) is 12.0. The normalized spacial score (nSPS) is 14.1. The van der Waals surface area contributed by atoms with Crippen LogP contribution in [0.15, 0.2) is 63.8 Å². The van der Waals surface area contributed by atoms with Gasteiger partial charge in [-0.3, -0.25) is 9.59 Å². The quantitative estimate of drug-likeness (QED) is 0.437. The molecular formula is C28H28N4O4. The zero-order valence-corrected chi connectivity index (χ0v) is 20.6. The minimum atomic E-state index is -0.139. The number of carbonyl (C=O) groups excluding carboxylic acids is 1. The molecule has 1 N–H and O–H groups in total. The zero-order valence-electron chi connectivity index (χ0n) is 20.6. The van der Waals surface area contributed by atoms with E-state index in [2.05, 4.69) is 20.2 Å². The second-order valence-electron chi connectivity index (χ2n) is 9.12. The molecule has 0 unspecified atom stereocenters. The number of aromatic nitrogens is 2. The molecule has 1 aliphatic rings. The van der Waals surface area contributed by atoms with Crippen molar-refractivity contribution in [2.75, 3.05) is 30.4 Å². The third-order valence-electron chi connectivity index (χ3n) is 6.49. The molecule has 5 rings (SSSR count). The molecule has 0 bridgehead atoms. The van der Waals surface area contributed by atoms with Gasteiger partial charge in [-0.1, -0.05) is 0 Å². The van der Waals surface area contributed by atoms with E-state index in [4.69, 9.17) is 9.15 Å². The van der Waals surface area contributed by atoms with Crippen molar-refractivity contribution >= 4 is 28.5 Å². The van der Waals surface area contributed by atoms with Gasteiger partial charge in [-0.2, -0.15) is 0 Å². The lowest BCUT2D eigenvalue weighted by atomic mass is 9.96. The van der Waals surface area contributed by atoms with E-state index in [0.717, 1.165) is 48.8 Å². The van der Waals surface area contributed by atoms with Gasteiger partial charge in [-0.15, -0.1) is 0 Å². The van der Waals surface area contributed by atoms with E-state index in [1.54, 1.807) is 25.3 Å². The van der Waals surface area contributed by atoms with Gasteiger partial charge in [-0.25, -0.2) is 9.97 Å². The topological polar surface area (TPSA) is 97.6 Å². The standard InChI is InChI=1S/C28H28N4O4/c1-17-14-18(2)30-28(29-17)32-12-10-20(11-13-32)27(34)31-21-6-4-19(5-7-21)26-16-24(33)23-15-22(35-3)8-9-25(23)36-26/h4-9,14-16,20H,10-13H2,1-3H3,(H,31,34). The van der Waals surface area contributed by atoms with Crippen molar-refractivity contribution in [2.45, 2.75) is 26.7 Å². The van der Waals surface area contributed by atoms with Crippen LogP contribution in [-0.2, 0) is 4.79 Å². The Hall–Kier alpha value is -4.20. The van der Waals surface area contributed by atoms with E-state index < -0.39 is 0 Å². The Kier molecular flexibility index (Phi) is 6.41. The van der Waals surface area contributed by atoms with Crippen molar-refractivity contribution in [1.82, 2.24) is 9.97 Å². The summed E-state index contributed by atoms with van der Waals surface area (Å²) in [6.45, 7) is 5.42. The highest BCUT2D eigenvalue weighted by molar-refractivity contribution is 5.93. The van der Waals surface area contributed by atoms with Crippen molar-refractivity contribution in [3.8, 4) is 17.1 Å². The summed E-state index contributed by atoms with van der Waals surface area (Å²) in [4.78, 5) is 36.7. The van der Waals surface area contributed by atoms with Crippen LogP contribution in [0, 0.1) is 19.8 Å². The number of benzene rings is 2. The highest BCUT2D eigenvalue weighted by Crippen LogP contribution is 2.27. The van der Waals surface area contributed by atoms with E-state index in [0.29, 0.717) is 28.2 Å². The Labute approximate surface area is 208 Å². The largest absolute Gasteiger partial charge is 0.497 e. The molecule has 0 atom stereocenters. The SMILES string of the molecule is COc1ccc2oc(-c3ccc(NC(=O)C4CCN(c5nc(C)cc(C)n5)CC4)cc3)cc(=O)c2c1. The molecule has 3 heterocycles. The lowest BCUT2D eigenvalue weighted by molar-refractivity contribution is -0.120. The third kappa shape index (κ3) is 4.93. The second kappa shape index (κ2) is 9.81. The number of nitrogens with zero attached hydrogens (tertiary/aromatic N) is 3. The summed E-state index contributed by atoms with van der Waals surface area (Å²) in [6, 6.07) is 15.9. The van der Waals surface area contributed by atoms with Gasteiger partial charge in [0.25, 0.3) is 0 Å². The number of hydrogen-bond acceptors (Lipinski definition) is 7. The molecule has 4 aromatic rings. The third-order valence-corrected chi connectivity index (χ3v) is 6.49. The summed E-state index contributed by atoms with van der Waals surface area (Å²) in [5.41, 5.74) is 3.71. The van der Waals surface area contributed by atoms with Crippen LogP contribution in [0.3, 0.4) is 0 Å². The van der Waals surface area contributed by atoms with Crippen molar-refractivity contribution in [2.24, 2.45) is 5.92 Å². The number of ether oxygens (including phenoxy) is 1. The van der Waals surface area contributed by atoms with Crippen molar-refractivity contribution in [1.29, 1.82) is 0 Å². The van der Waals surface area contributed by atoms with E-state index in [9.17, 15) is 9.59 Å². The van der Waals surface area contributed by atoms with Crippen LogP contribution in [0.4, 0.5) is 11.6 Å². The number of fused-ring (bicyclic) bond motifs is 1. The molecule has 8 heteroatoms. The molecule has 0 spiro atoms. The number of amides is 1. The number of piperidine rings is 1. The van der Waals surface area contributed by atoms with Crippen molar-refractivity contribution < 1.29 is 13.9 Å². The van der Waals surface area contributed by atoms with Gasteiger partial charge >= 0.3 is 0 Å². The Morgan fingerprint density at radius 2 is 1.69 bits per heavy atom. The Bertz CT molecular complexity index is 1450. The highest BCUT2D eigenvalue weighted by Gasteiger charge is 2.26. The first-order valence-electron chi connectivity index (χ1n) is 12.0. The minimum Gasteiger partial charge on any atom is -0.497 e. The lowest BCUT2D eigenvalue weighted by Crippen LogP contribution is -2.39. The summed E-state index contributed by atoms with van der Waals surface area (Å²) < 4.78 is 11.1. The number of anilines is 2. The summed E-state index contributed by atoms with van der Waals surface area (Å²) in [6.07, 6.45) is 1.49. The Morgan fingerprint density at radius 3 is 2.36 bits per heavy atom. The summed E-state index contributed by atoms with van der Waals surface area (Å²) in [5, 5.41) is 3.49. The van der Waals surface area contributed by atoms with Crippen LogP contribution in [0.25, 0.3) is 22.3 Å². The maximum atomic E-state index is 12.9. The van der Waals surface area contributed by atoms with Crippen LogP contribution < -0.4 is 20.4 Å². The Morgan fingerprint density at radius 1 is 1.00 bits per heavy atom. The molecule has 1 amide bonds. The number of carbonyl (C=O) groups is 1. The molecule has 1 aliphatic heterocycles. The van der Waals surface area contributed by atoms with E-state index in [1.165, 1.54) is 6.07 Å². The van der Waals surface area contributed by atoms with Crippen molar-refractivity contribution in [3.63, 3.8) is 0 Å². The molecule has 0 saturated carbocycles. The van der Waals surface area contributed by atoms with E-state index >= 15 is 0 Å². The molecule has 8 nitrogen and oxygen atoms in total. The fourth-order valence-electron chi connectivity index (χ4n) is 4.56. The highest BCUT2D eigenvalue weighted by atomic mass is 16.5. The fourth-order valence-corrected chi connectivity index (χ4v) is 4.56. The molecule has 1 fully saturated rings. The molecule has 0 radical (unpaired) electrons. The van der Waals surface area contributed by atoms with Gasteiger partial charge in [0.15, 0.2) is 5.43 Å². The van der Waals surface area contributed by atoms with Gasteiger partial charge in [0.1, 0.15) is 17.1 Å². The lowest BCUT2D eigenvalue weighted by Gasteiger charge is -2.31. The average Bonchev–Trinajstić information content (AvgIpc) is 2.88. The van der Waals surface area contributed by atoms with Gasteiger partial charge in [-0.05, 0) is 75.2 Å². The van der Waals surface area contributed by atoms with Crippen LogP contribution in [0.1, 0.15) is 24.2 Å². The van der Waals surface area contributed by atoms with Crippen LogP contribution in [-0.4, -0.2) is 36.1 Å². The number of aryl methyl sites for hydroxylation is 2. The minimum absolute atomic E-state index is 0.00919. The molecule has 2 aromatic heterocycles. The van der Waals surface area contributed by atoms with Gasteiger partial charge in [0.2, 0.25) is 11.9 Å².